The number of ether oxygens (including phenoxy) is 2. The smallest absolute Gasteiger partial charge is 0.407 e. The highest BCUT2D eigenvalue weighted by atomic mass is 32.1. The number of methoxy groups -OCH3 is 1. The second-order valence-corrected chi connectivity index (χ2v) is 15.1. The monoisotopic (exact) mass is 755 g/mol. The Morgan fingerprint density at radius 1 is 1.11 bits per heavy atom. The van der Waals surface area contributed by atoms with Gasteiger partial charge in [0.05, 0.1) is 31.5 Å². The van der Waals surface area contributed by atoms with Crippen LogP contribution in [0.2, 0.25) is 0 Å². The van der Waals surface area contributed by atoms with Crippen molar-refractivity contribution >= 4 is 52.1 Å². The molecule has 4 aromatic heterocycles. The predicted molar refractivity (Wildman–Crippen MR) is 207 cm³/mol. The van der Waals surface area contributed by atoms with Crippen molar-refractivity contribution in [2.24, 2.45) is 0 Å². The number of hydrogen-bond donors (Lipinski definition) is 2. The lowest BCUT2D eigenvalue weighted by Gasteiger charge is -2.34. The van der Waals surface area contributed by atoms with E-state index in [0.29, 0.717) is 67.9 Å². The fraction of sp³-hybridized carbons (Fsp3) is 0.405. The third-order valence-corrected chi connectivity index (χ3v) is 9.49. The number of piperidine rings is 1. The van der Waals surface area contributed by atoms with Crippen LogP contribution in [0.4, 0.5) is 15.7 Å². The first-order valence-corrected chi connectivity index (χ1v) is 18.5. The van der Waals surface area contributed by atoms with Gasteiger partial charge in [-0.2, -0.15) is 4.80 Å². The molecule has 0 bridgehead atoms. The first-order valence-electron chi connectivity index (χ1n) is 17.6. The third kappa shape index (κ3) is 9.45. The zero-order valence-corrected chi connectivity index (χ0v) is 32.1. The van der Waals surface area contributed by atoms with E-state index in [0.717, 1.165) is 17.0 Å². The Labute approximate surface area is 316 Å². The molecule has 54 heavy (non-hydrogen) atoms. The summed E-state index contributed by atoms with van der Waals surface area (Å²) in [4.78, 5) is 55.0. The van der Waals surface area contributed by atoms with Crippen molar-refractivity contribution in [2.45, 2.75) is 51.7 Å². The summed E-state index contributed by atoms with van der Waals surface area (Å²) in [5.41, 5.74) is 2.20. The average molecular weight is 756 g/mol. The number of alkyl carbamates (subject to hydrolysis) is 1. The summed E-state index contributed by atoms with van der Waals surface area (Å²) in [6.07, 6.45) is 5.21. The van der Waals surface area contributed by atoms with Crippen molar-refractivity contribution in [3.8, 4) is 5.75 Å². The number of nitrogens with one attached hydrogen (secondary N) is 2. The second-order valence-electron chi connectivity index (χ2n) is 14.2. The van der Waals surface area contributed by atoms with E-state index in [1.54, 1.807) is 31.4 Å². The maximum atomic E-state index is 14.2. The van der Waals surface area contributed by atoms with E-state index >= 15 is 0 Å². The van der Waals surface area contributed by atoms with Crippen LogP contribution in [0, 0.1) is 0 Å². The van der Waals surface area contributed by atoms with Crippen molar-refractivity contribution in [3.63, 3.8) is 0 Å². The van der Waals surface area contributed by atoms with Gasteiger partial charge in [-0.3, -0.25) is 19.3 Å². The minimum atomic E-state index is -0.496. The number of pyridine rings is 1. The fourth-order valence-electron chi connectivity index (χ4n) is 5.76. The van der Waals surface area contributed by atoms with Crippen molar-refractivity contribution in [3.05, 3.63) is 86.5 Å². The molecule has 1 aliphatic rings. The van der Waals surface area contributed by atoms with Gasteiger partial charge in [-0.05, 0) is 74.1 Å². The number of thiazole rings is 1. The van der Waals surface area contributed by atoms with Crippen LogP contribution in [0.15, 0.2) is 52.8 Å². The number of aromatic nitrogens is 7. The lowest BCUT2D eigenvalue weighted by atomic mass is 9.93. The number of benzene rings is 1. The van der Waals surface area contributed by atoms with Gasteiger partial charge in [0, 0.05) is 42.2 Å². The Bertz CT molecular complexity index is 2190. The molecule has 5 aromatic rings. The summed E-state index contributed by atoms with van der Waals surface area (Å²) in [6.45, 7) is 8.59. The van der Waals surface area contributed by atoms with E-state index in [2.05, 4.69) is 51.8 Å². The lowest BCUT2D eigenvalue weighted by Crippen LogP contribution is -2.44. The Kier molecular flexibility index (Phi) is 11.7. The van der Waals surface area contributed by atoms with Crippen LogP contribution >= 0.6 is 11.3 Å². The van der Waals surface area contributed by atoms with E-state index in [1.165, 1.54) is 26.7 Å². The summed E-state index contributed by atoms with van der Waals surface area (Å²) in [7, 11) is 5.47. The van der Waals surface area contributed by atoms with Crippen LogP contribution in [-0.2, 0) is 16.7 Å². The first kappa shape index (κ1) is 38.1. The van der Waals surface area contributed by atoms with E-state index in [-0.39, 0.29) is 28.1 Å². The summed E-state index contributed by atoms with van der Waals surface area (Å²) in [5.74, 6) is 1.06. The van der Waals surface area contributed by atoms with Gasteiger partial charge >= 0.3 is 6.09 Å². The SMILES string of the molecule is COc1ccc(Cn2nnc(/C=C/c3c(N4CCC[C@H](OC(=O)NCCN(C)C)C4)nc4cc(C(=O)Nc5nc(C(C)(C)C)cs5)ccn4c3=O)n2)cc1. The largest absolute Gasteiger partial charge is 0.497 e. The van der Waals surface area contributed by atoms with Crippen LogP contribution in [0.25, 0.3) is 17.8 Å². The fourth-order valence-corrected chi connectivity index (χ4v) is 6.69. The summed E-state index contributed by atoms with van der Waals surface area (Å²) >= 11 is 1.35. The predicted octanol–water partition coefficient (Wildman–Crippen LogP) is 4.17. The molecular formula is C37H45N11O5S. The number of nitrogens with zero attached hydrogens (tertiary/aromatic N) is 9. The molecule has 0 radical (unpaired) electrons. The van der Waals surface area contributed by atoms with Crippen LogP contribution in [0.3, 0.4) is 0 Å². The number of tetrazole rings is 1. The molecule has 16 nitrogen and oxygen atoms in total. The first-order chi connectivity index (χ1) is 25.9. The molecule has 2 amide bonds. The van der Waals surface area contributed by atoms with E-state index in [9.17, 15) is 14.4 Å². The highest BCUT2D eigenvalue weighted by molar-refractivity contribution is 7.14. The van der Waals surface area contributed by atoms with Crippen LogP contribution in [0.1, 0.15) is 66.6 Å². The zero-order valence-electron chi connectivity index (χ0n) is 31.3. The number of likely N-dealkylation sites (N-methyl/N-ethyl adjacent to an activating group) is 1. The van der Waals surface area contributed by atoms with Gasteiger partial charge in [-0.1, -0.05) is 32.9 Å². The quantitative estimate of drug-likeness (QED) is 0.186. The number of rotatable bonds is 12. The number of hydrogen-bond acceptors (Lipinski definition) is 13. The van der Waals surface area contributed by atoms with Crippen molar-refractivity contribution in [1.82, 2.24) is 44.8 Å². The molecule has 0 saturated carbocycles. The van der Waals surface area contributed by atoms with Crippen LogP contribution < -0.4 is 25.8 Å². The Morgan fingerprint density at radius 2 is 1.91 bits per heavy atom. The topological polar surface area (TPSA) is 174 Å². The Morgan fingerprint density at radius 3 is 2.63 bits per heavy atom. The summed E-state index contributed by atoms with van der Waals surface area (Å²) in [6, 6.07) is 10.7. The molecule has 1 fully saturated rings. The number of carbonyl (C=O) groups excluding carboxylic acids is 2. The number of amides is 2. The highest BCUT2D eigenvalue weighted by Crippen LogP contribution is 2.27. The third-order valence-electron chi connectivity index (χ3n) is 8.73. The molecule has 17 heteroatoms. The minimum Gasteiger partial charge on any atom is -0.497 e. The summed E-state index contributed by atoms with van der Waals surface area (Å²) in [5, 5.41) is 20.9. The normalized spacial score (nSPS) is 14.9. The van der Waals surface area contributed by atoms with Gasteiger partial charge in [0.1, 0.15) is 23.3 Å². The van der Waals surface area contributed by atoms with Crippen LogP contribution in [0.5, 0.6) is 5.75 Å². The minimum absolute atomic E-state index is 0.158. The highest BCUT2D eigenvalue weighted by Gasteiger charge is 2.27. The molecule has 284 valence electrons. The molecule has 1 aliphatic heterocycles. The average Bonchev–Trinajstić information content (AvgIpc) is 3.81. The number of carbonyl (C=O) groups is 2. The number of anilines is 2. The Balaban J connectivity index is 1.28. The molecule has 1 atom stereocenters. The van der Waals surface area contributed by atoms with E-state index < -0.39 is 12.2 Å². The Hall–Kier alpha value is -5.68. The maximum absolute atomic E-state index is 14.2. The molecule has 0 aliphatic carbocycles. The lowest BCUT2D eigenvalue weighted by molar-refractivity contribution is 0.0878. The van der Waals surface area contributed by atoms with Gasteiger partial charge < -0.3 is 24.6 Å². The molecule has 0 unspecified atom stereocenters. The van der Waals surface area contributed by atoms with Gasteiger partial charge in [0.25, 0.3) is 11.5 Å². The summed E-state index contributed by atoms with van der Waals surface area (Å²) < 4.78 is 12.4. The molecule has 1 aromatic carbocycles. The van der Waals surface area contributed by atoms with Crippen molar-refractivity contribution < 1.29 is 19.1 Å². The second kappa shape index (κ2) is 16.6. The molecule has 1 saturated heterocycles. The van der Waals surface area contributed by atoms with E-state index in [4.69, 9.17) is 14.5 Å². The molecule has 0 spiro atoms. The van der Waals surface area contributed by atoms with Gasteiger partial charge in [0.2, 0.25) is 0 Å². The number of fused-ring (bicyclic) bond motifs is 1. The standard InChI is InChI=1S/C37H45N11O5S/c1-37(2,3)29-23-54-35(39-29)41-33(49)25-15-18-47-31(20-25)40-32(46-17-7-8-27(22-46)53-36(51)38-16-19-45(4)5)28(34(47)50)13-14-30-42-44-48(43-30)21-24-9-11-26(52-6)12-10-24/h9-15,18,20,23,27H,7-8,16-17,19,21-22H2,1-6H3,(H,38,51)(H,39,41,49)/b14-13+/t27-/m0/s1. The van der Waals surface area contributed by atoms with Crippen LogP contribution in [-0.4, -0.2) is 105 Å². The van der Waals surface area contributed by atoms with Gasteiger partial charge in [-0.25, -0.2) is 14.8 Å². The zero-order chi connectivity index (χ0) is 38.4. The molecule has 2 N–H and O–H groups in total. The van der Waals surface area contributed by atoms with E-state index in [1.807, 2.05) is 53.5 Å². The molecule has 5 heterocycles. The molecular weight excluding hydrogens is 711 g/mol. The maximum Gasteiger partial charge on any atom is 0.407 e. The van der Waals surface area contributed by atoms with Gasteiger partial charge in [-0.15, -0.1) is 21.5 Å². The van der Waals surface area contributed by atoms with Crippen molar-refractivity contribution in [1.29, 1.82) is 0 Å². The molecule has 6 rings (SSSR count). The van der Waals surface area contributed by atoms with Gasteiger partial charge in [0.15, 0.2) is 11.0 Å². The van der Waals surface area contributed by atoms with Crippen molar-refractivity contribution in [2.75, 3.05) is 57.6 Å².